The Hall–Kier alpha value is -3.26. The number of benzene rings is 1. The Morgan fingerprint density at radius 1 is 1.17 bits per heavy atom. The Labute approximate surface area is 140 Å². The molecule has 0 radical (unpaired) electrons. The summed E-state index contributed by atoms with van der Waals surface area (Å²) >= 11 is 0. The van der Waals surface area contributed by atoms with Gasteiger partial charge in [0, 0.05) is 41.1 Å². The van der Waals surface area contributed by atoms with E-state index >= 15 is 0 Å². The molecule has 0 aliphatic rings. The lowest BCUT2D eigenvalue weighted by Crippen LogP contribution is -2.25. The summed E-state index contributed by atoms with van der Waals surface area (Å²) in [6.45, 7) is 3.79. The maximum atomic E-state index is 12.5. The monoisotopic (exact) mass is 318 g/mol. The molecule has 5 nitrogen and oxygen atoms in total. The molecule has 3 rings (SSSR count). The predicted octanol–water partition coefficient (Wildman–Crippen LogP) is 3.27. The average molecular weight is 318 g/mol. The van der Waals surface area contributed by atoms with Gasteiger partial charge in [-0.05, 0) is 38.1 Å². The number of fused-ring (bicyclic) bond motifs is 1. The van der Waals surface area contributed by atoms with Crippen molar-refractivity contribution < 1.29 is 4.79 Å². The summed E-state index contributed by atoms with van der Waals surface area (Å²) in [5.74, 6) is -0.423. The lowest BCUT2D eigenvalue weighted by atomic mass is 10.1. The second kappa shape index (κ2) is 6.09. The normalized spacial score (nSPS) is 11.5. The number of carbonyl (C=O) groups is 1. The minimum Gasteiger partial charge on any atom is -0.350 e. The lowest BCUT2D eigenvalue weighted by Gasteiger charge is -2.10. The fraction of sp³-hybridized carbons (Fsp3) is 0.158. The minimum absolute atomic E-state index is 0.0684. The van der Waals surface area contributed by atoms with Gasteiger partial charge in [-0.3, -0.25) is 14.9 Å². The number of nitrogens with zero attached hydrogens (tertiary/aromatic N) is 3. The Bertz CT molecular complexity index is 979. The Morgan fingerprint density at radius 3 is 2.50 bits per heavy atom. The Morgan fingerprint density at radius 2 is 1.83 bits per heavy atom. The van der Waals surface area contributed by atoms with E-state index in [0.29, 0.717) is 0 Å². The van der Waals surface area contributed by atoms with E-state index in [1.165, 1.54) is 0 Å². The average Bonchev–Trinajstić information content (AvgIpc) is 3.07. The van der Waals surface area contributed by atoms with Crippen molar-refractivity contribution in [2.75, 3.05) is 5.43 Å². The third kappa shape index (κ3) is 2.70. The maximum Gasteiger partial charge on any atom is 0.280 e. The summed E-state index contributed by atoms with van der Waals surface area (Å²) in [4.78, 5) is 12.5. The van der Waals surface area contributed by atoms with Gasteiger partial charge in [0.25, 0.3) is 5.91 Å². The first kappa shape index (κ1) is 15.6. The summed E-state index contributed by atoms with van der Waals surface area (Å²) in [6, 6.07) is 13.7. The van der Waals surface area contributed by atoms with Crippen molar-refractivity contribution in [3.8, 4) is 6.07 Å². The van der Waals surface area contributed by atoms with Crippen LogP contribution < -0.4 is 5.43 Å². The molecule has 120 valence electrons. The van der Waals surface area contributed by atoms with Gasteiger partial charge < -0.3 is 4.57 Å². The number of carbonyl (C=O) groups excluding carboxylic acids is 1. The minimum atomic E-state index is -0.423. The summed E-state index contributed by atoms with van der Waals surface area (Å²) < 4.78 is 3.66. The van der Waals surface area contributed by atoms with E-state index in [-0.39, 0.29) is 5.57 Å². The number of aromatic nitrogens is 2. The molecule has 3 aromatic rings. The fourth-order valence-electron chi connectivity index (χ4n) is 2.80. The van der Waals surface area contributed by atoms with Crippen LogP contribution in [-0.2, 0) is 11.8 Å². The summed E-state index contributed by atoms with van der Waals surface area (Å²) in [7, 11) is 1.94. The molecule has 5 heteroatoms. The summed E-state index contributed by atoms with van der Waals surface area (Å²) in [6.07, 6.45) is 3.55. The lowest BCUT2D eigenvalue weighted by molar-refractivity contribution is -0.113. The topological polar surface area (TPSA) is 62.8 Å². The highest BCUT2D eigenvalue weighted by atomic mass is 16.2. The van der Waals surface area contributed by atoms with Crippen LogP contribution in [0.1, 0.15) is 17.0 Å². The van der Waals surface area contributed by atoms with Crippen LogP contribution in [0.2, 0.25) is 0 Å². The molecule has 1 N–H and O–H groups in total. The van der Waals surface area contributed by atoms with Crippen LogP contribution in [0.3, 0.4) is 0 Å². The van der Waals surface area contributed by atoms with Crippen molar-refractivity contribution in [3.05, 3.63) is 65.1 Å². The number of nitriles is 1. The number of rotatable bonds is 3. The third-order valence-corrected chi connectivity index (χ3v) is 4.08. The first-order chi connectivity index (χ1) is 11.5. The molecule has 0 saturated carbocycles. The Balaban J connectivity index is 1.97. The summed E-state index contributed by atoms with van der Waals surface area (Å²) in [5.41, 5.74) is 6.55. The number of amides is 1. The zero-order valence-electron chi connectivity index (χ0n) is 13.9. The van der Waals surface area contributed by atoms with Crippen molar-refractivity contribution in [2.45, 2.75) is 13.8 Å². The molecule has 1 amide bonds. The van der Waals surface area contributed by atoms with Crippen molar-refractivity contribution >= 4 is 22.9 Å². The van der Waals surface area contributed by atoms with Gasteiger partial charge in [0.15, 0.2) is 0 Å². The molecule has 0 spiro atoms. The molecule has 0 atom stereocenters. The van der Waals surface area contributed by atoms with E-state index in [4.69, 9.17) is 0 Å². The standard InChI is InChI=1S/C19H18N4O/c1-13-8-9-14(2)23(13)21-19(24)15(11-20)10-16-12-22(3)18-7-5-4-6-17(16)18/h4-10,12H,1-3H3,(H,21,24)/b15-10-. The van der Waals surface area contributed by atoms with Gasteiger partial charge >= 0.3 is 0 Å². The highest BCUT2D eigenvalue weighted by molar-refractivity contribution is 6.08. The van der Waals surface area contributed by atoms with Crippen molar-refractivity contribution in [2.24, 2.45) is 7.05 Å². The highest BCUT2D eigenvalue weighted by Gasteiger charge is 2.13. The van der Waals surface area contributed by atoms with Gasteiger partial charge in [0.1, 0.15) is 11.6 Å². The smallest absolute Gasteiger partial charge is 0.280 e. The van der Waals surface area contributed by atoms with Gasteiger partial charge in [-0.2, -0.15) is 5.26 Å². The molecule has 0 bridgehead atoms. The van der Waals surface area contributed by atoms with Crippen molar-refractivity contribution in [1.82, 2.24) is 9.24 Å². The van der Waals surface area contributed by atoms with Crippen LogP contribution >= 0.6 is 0 Å². The third-order valence-electron chi connectivity index (χ3n) is 4.08. The second-order valence-electron chi connectivity index (χ2n) is 5.77. The van der Waals surface area contributed by atoms with E-state index in [2.05, 4.69) is 5.43 Å². The number of hydrogen-bond donors (Lipinski definition) is 1. The number of hydrogen-bond acceptors (Lipinski definition) is 2. The van der Waals surface area contributed by atoms with Gasteiger partial charge in [0.05, 0.1) is 0 Å². The second-order valence-corrected chi connectivity index (χ2v) is 5.77. The predicted molar refractivity (Wildman–Crippen MR) is 94.8 cm³/mol. The van der Waals surface area contributed by atoms with E-state index in [1.54, 1.807) is 10.8 Å². The SMILES string of the molecule is Cc1ccc(C)n1NC(=O)/C(C#N)=C\c1cn(C)c2ccccc12. The fourth-order valence-corrected chi connectivity index (χ4v) is 2.80. The van der Waals surface area contributed by atoms with Gasteiger partial charge in [-0.25, -0.2) is 0 Å². The zero-order chi connectivity index (χ0) is 17.3. The van der Waals surface area contributed by atoms with Crippen LogP contribution in [0, 0.1) is 25.2 Å². The molecule has 0 saturated heterocycles. The zero-order valence-corrected chi connectivity index (χ0v) is 13.9. The molecule has 0 unspecified atom stereocenters. The molecule has 2 aromatic heterocycles. The van der Waals surface area contributed by atoms with Gasteiger partial charge in [0.2, 0.25) is 0 Å². The quantitative estimate of drug-likeness (QED) is 0.595. The van der Waals surface area contributed by atoms with Crippen LogP contribution in [0.15, 0.2) is 48.2 Å². The van der Waals surface area contributed by atoms with Crippen molar-refractivity contribution in [3.63, 3.8) is 0 Å². The Kier molecular flexibility index (Phi) is 3.97. The molecule has 1 aromatic carbocycles. The van der Waals surface area contributed by atoms with Crippen LogP contribution in [0.5, 0.6) is 0 Å². The number of nitrogens with one attached hydrogen (secondary N) is 1. The molecule has 0 fully saturated rings. The molecule has 2 heterocycles. The van der Waals surface area contributed by atoms with Gasteiger partial charge in [-0.1, -0.05) is 18.2 Å². The molecule has 0 aliphatic carbocycles. The van der Waals surface area contributed by atoms with Crippen molar-refractivity contribution in [1.29, 1.82) is 5.26 Å². The van der Waals surface area contributed by atoms with Crippen LogP contribution in [-0.4, -0.2) is 15.2 Å². The summed E-state index contributed by atoms with van der Waals surface area (Å²) in [5, 5.41) is 10.4. The molecule has 24 heavy (non-hydrogen) atoms. The first-order valence-electron chi connectivity index (χ1n) is 7.63. The van der Waals surface area contributed by atoms with E-state index < -0.39 is 5.91 Å². The molecular formula is C19H18N4O. The van der Waals surface area contributed by atoms with Gasteiger partial charge in [-0.15, -0.1) is 0 Å². The first-order valence-corrected chi connectivity index (χ1v) is 7.63. The molecule has 0 aliphatic heterocycles. The largest absolute Gasteiger partial charge is 0.350 e. The van der Waals surface area contributed by atoms with Crippen LogP contribution in [0.25, 0.3) is 17.0 Å². The van der Waals surface area contributed by atoms with E-state index in [1.807, 2.05) is 74.1 Å². The molecular weight excluding hydrogens is 300 g/mol. The number of aryl methyl sites for hydroxylation is 3. The highest BCUT2D eigenvalue weighted by Crippen LogP contribution is 2.22. The number of para-hydroxylation sites is 1. The van der Waals surface area contributed by atoms with Crippen LogP contribution in [0.4, 0.5) is 0 Å². The van der Waals surface area contributed by atoms with E-state index in [9.17, 15) is 10.1 Å². The van der Waals surface area contributed by atoms with E-state index in [0.717, 1.165) is 27.9 Å². The maximum absolute atomic E-state index is 12.5.